The first kappa shape index (κ1) is 31.2. The fourth-order valence-corrected chi connectivity index (χ4v) is 6.57. The molecule has 0 aliphatic carbocycles. The van der Waals surface area contributed by atoms with Crippen LogP contribution in [0.5, 0.6) is 0 Å². The van der Waals surface area contributed by atoms with Gasteiger partial charge in [0.2, 0.25) is 0 Å². The normalized spacial score (nSPS) is 19.5. The number of aromatic nitrogens is 3. The Morgan fingerprint density at radius 2 is 1.92 bits per heavy atom. The van der Waals surface area contributed by atoms with Crippen molar-refractivity contribution in [1.29, 1.82) is 5.26 Å². The molecule has 11 nitrogen and oxygen atoms in total. The van der Waals surface area contributed by atoms with Gasteiger partial charge in [-0.25, -0.2) is 9.37 Å². The third-order valence-electron chi connectivity index (χ3n) is 9.45. The minimum absolute atomic E-state index is 0.0335. The first-order chi connectivity index (χ1) is 22.9. The molecular formula is C36H34FN7O4. The molecule has 2 aromatic carbocycles. The number of halogens is 1. The number of nitriles is 1. The van der Waals surface area contributed by atoms with Gasteiger partial charge in [0.05, 0.1) is 54.1 Å². The summed E-state index contributed by atoms with van der Waals surface area (Å²) >= 11 is 0. The Morgan fingerprint density at radius 1 is 1.12 bits per heavy atom. The maximum atomic E-state index is 15.5. The van der Waals surface area contributed by atoms with Crippen molar-refractivity contribution in [3.8, 4) is 11.8 Å². The van der Waals surface area contributed by atoms with Gasteiger partial charge in [0.15, 0.2) is 0 Å². The van der Waals surface area contributed by atoms with Crippen LogP contribution in [0.3, 0.4) is 0 Å². The molecule has 3 aliphatic rings. The second-order valence-electron chi connectivity index (χ2n) is 13.6. The summed E-state index contributed by atoms with van der Waals surface area (Å²) in [5.74, 6) is -1.10. The van der Waals surface area contributed by atoms with Crippen LogP contribution in [0, 0.1) is 23.1 Å². The van der Waals surface area contributed by atoms with E-state index in [1.54, 1.807) is 35.0 Å². The molecule has 1 N–H and O–H groups in total. The maximum absolute atomic E-state index is 15.5. The average molecular weight is 648 g/mol. The molecule has 3 aliphatic heterocycles. The maximum Gasteiger partial charge on any atom is 0.282 e. The molecule has 0 saturated carbocycles. The molecule has 0 spiro atoms. The Balaban J connectivity index is 1.22. The number of anilines is 1. The summed E-state index contributed by atoms with van der Waals surface area (Å²) in [6.07, 6.45) is 4.81. The third-order valence-corrected chi connectivity index (χ3v) is 9.45. The van der Waals surface area contributed by atoms with Crippen molar-refractivity contribution in [2.24, 2.45) is 5.92 Å². The van der Waals surface area contributed by atoms with Crippen LogP contribution in [-0.4, -0.2) is 69.2 Å². The van der Waals surface area contributed by atoms with Crippen molar-refractivity contribution >= 4 is 28.4 Å². The molecule has 48 heavy (non-hydrogen) atoms. The van der Waals surface area contributed by atoms with E-state index in [0.29, 0.717) is 41.2 Å². The summed E-state index contributed by atoms with van der Waals surface area (Å²) in [5.41, 5.74) is 2.65. The fourth-order valence-electron chi connectivity index (χ4n) is 6.57. The molecule has 0 radical (unpaired) electrons. The van der Waals surface area contributed by atoms with E-state index in [-0.39, 0.29) is 53.7 Å². The summed E-state index contributed by atoms with van der Waals surface area (Å²) in [6, 6.07) is 13.9. The van der Waals surface area contributed by atoms with Gasteiger partial charge in [-0.15, -0.1) is 0 Å². The van der Waals surface area contributed by atoms with Crippen molar-refractivity contribution in [3.05, 3.63) is 105 Å². The Bertz CT molecular complexity index is 2110. The largest absolute Gasteiger partial charge is 0.375 e. The molecule has 2 unspecified atom stereocenters. The summed E-state index contributed by atoms with van der Waals surface area (Å²) < 4.78 is 22.8. The van der Waals surface area contributed by atoms with Gasteiger partial charge >= 0.3 is 0 Å². The number of ether oxygens (including phenoxy) is 1. The molecular weight excluding hydrogens is 613 g/mol. The van der Waals surface area contributed by atoms with Crippen molar-refractivity contribution in [2.45, 2.75) is 44.8 Å². The lowest BCUT2D eigenvalue weighted by atomic mass is 9.84. The quantitative estimate of drug-likeness (QED) is 0.348. The van der Waals surface area contributed by atoms with E-state index >= 15 is 4.39 Å². The van der Waals surface area contributed by atoms with Gasteiger partial charge in [-0.05, 0) is 52.9 Å². The van der Waals surface area contributed by atoms with E-state index in [0.717, 1.165) is 16.7 Å². The zero-order valence-corrected chi connectivity index (χ0v) is 27.0. The number of carbonyl (C=O) groups is 2. The number of nitrogens with zero attached hydrogens (tertiary/aromatic N) is 6. The highest BCUT2D eigenvalue weighted by atomic mass is 19.1. The van der Waals surface area contributed by atoms with Crippen LogP contribution in [-0.2, 0) is 21.6 Å². The van der Waals surface area contributed by atoms with Crippen LogP contribution in [0.4, 0.5) is 10.2 Å². The number of likely N-dealkylation sites (tertiary alicyclic amines) is 1. The number of pyridine rings is 1. The third kappa shape index (κ3) is 5.30. The highest BCUT2D eigenvalue weighted by Gasteiger charge is 2.39. The second-order valence-corrected chi connectivity index (χ2v) is 13.6. The second kappa shape index (κ2) is 11.7. The van der Waals surface area contributed by atoms with Gasteiger partial charge in [0.1, 0.15) is 17.3 Å². The molecule has 2 atom stereocenters. The zero-order chi connectivity index (χ0) is 33.9. The number of nitrogens with one attached hydrogen (secondary N) is 1. The lowest BCUT2D eigenvalue weighted by Crippen LogP contribution is -2.49. The smallest absolute Gasteiger partial charge is 0.282 e. The summed E-state index contributed by atoms with van der Waals surface area (Å²) in [7, 11) is 1.72. The van der Waals surface area contributed by atoms with E-state index in [4.69, 9.17) is 10.00 Å². The topological polar surface area (TPSA) is 133 Å². The minimum Gasteiger partial charge on any atom is -0.375 e. The Labute approximate surface area is 276 Å². The number of fused-ring (bicyclic) bond motifs is 4. The Hall–Kier alpha value is -5.41. The number of rotatable bonds is 4. The highest BCUT2D eigenvalue weighted by Crippen LogP contribution is 2.38. The van der Waals surface area contributed by atoms with E-state index in [1.807, 2.05) is 45.0 Å². The van der Waals surface area contributed by atoms with Crippen LogP contribution in [0.15, 0.2) is 71.4 Å². The first-order valence-electron chi connectivity index (χ1n) is 15.8. The number of amides is 2. The minimum atomic E-state index is -0.595. The van der Waals surface area contributed by atoms with Crippen LogP contribution in [0.25, 0.3) is 16.5 Å². The number of hydrogen-bond acceptors (Lipinski definition) is 8. The standard InChI is InChI=1S/C36H34FN7O4/c1-36(2,3)23-10-22-15-40-44(35(47)32(22)27(37)11-23)29-7-5-6-24-25-12-28(34(46)42(4)30(25)19-48-18-26(24)29)41-31-9-8-21(14-39-31)33(45)43-16-20(13-38)17-43/h5-12,14-15,20,25,30H,16-19H2,1-4H3,(H,39,41). The van der Waals surface area contributed by atoms with Gasteiger partial charge in [-0.2, -0.15) is 15.0 Å². The van der Waals surface area contributed by atoms with Gasteiger partial charge in [0, 0.05) is 43.2 Å². The molecule has 1 saturated heterocycles. The molecule has 2 aromatic heterocycles. The van der Waals surface area contributed by atoms with Crippen LogP contribution in [0.2, 0.25) is 0 Å². The summed E-state index contributed by atoms with van der Waals surface area (Å²) in [5, 5.41) is 17.0. The Morgan fingerprint density at radius 3 is 2.62 bits per heavy atom. The van der Waals surface area contributed by atoms with Crippen molar-refractivity contribution < 1.29 is 18.7 Å². The zero-order valence-electron chi connectivity index (χ0n) is 27.0. The number of likely N-dealkylation sites (N-methyl/N-ethyl adjacent to an activating group) is 1. The predicted molar refractivity (Wildman–Crippen MR) is 176 cm³/mol. The molecule has 1 fully saturated rings. The van der Waals surface area contributed by atoms with Gasteiger partial charge in [-0.3, -0.25) is 14.4 Å². The van der Waals surface area contributed by atoms with E-state index in [1.165, 1.54) is 23.1 Å². The number of hydrogen-bond donors (Lipinski definition) is 1. The van der Waals surface area contributed by atoms with Crippen molar-refractivity contribution in [1.82, 2.24) is 24.6 Å². The fraction of sp³-hybridized carbons (Fsp3) is 0.333. The van der Waals surface area contributed by atoms with Gasteiger partial charge in [0.25, 0.3) is 17.4 Å². The first-order valence-corrected chi connectivity index (χ1v) is 15.8. The van der Waals surface area contributed by atoms with E-state index in [9.17, 15) is 14.4 Å². The average Bonchev–Trinajstić information content (AvgIpc) is 3.22. The van der Waals surface area contributed by atoms with Gasteiger partial charge in [-0.1, -0.05) is 32.9 Å². The van der Waals surface area contributed by atoms with E-state index in [2.05, 4.69) is 21.5 Å². The molecule has 5 heterocycles. The Kier molecular flexibility index (Phi) is 7.59. The number of benzene rings is 2. The summed E-state index contributed by atoms with van der Waals surface area (Å²) in [4.78, 5) is 47.6. The lowest BCUT2D eigenvalue weighted by molar-refractivity contribution is -0.130. The van der Waals surface area contributed by atoms with Crippen LogP contribution in [0.1, 0.15) is 53.7 Å². The molecule has 12 heteroatoms. The molecule has 7 rings (SSSR count). The molecule has 244 valence electrons. The lowest BCUT2D eigenvalue weighted by Gasteiger charge is -2.37. The monoisotopic (exact) mass is 647 g/mol. The molecule has 4 aromatic rings. The predicted octanol–water partition coefficient (Wildman–Crippen LogP) is 4.26. The molecule has 2 amide bonds. The SMILES string of the molecule is CN1C(=O)C(Nc2ccc(C(=O)N3CC(C#N)C3)cn2)=CC2c3cccc(-n4ncc5cc(C(C)(C)C)cc(F)c5c4=O)c3COCC21. The van der Waals surface area contributed by atoms with Gasteiger partial charge < -0.3 is 19.9 Å². The number of carbonyl (C=O) groups excluding carboxylic acids is 2. The van der Waals surface area contributed by atoms with E-state index < -0.39 is 11.4 Å². The van der Waals surface area contributed by atoms with Crippen LogP contribution < -0.4 is 10.9 Å². The van der Waals surface area contributed by atoms with Crippen molar-refractivity contribution in [3.63, 3.8) is 0 Å². The van der Waals surface area contributed by atoms with Crippen LogP contribution >= 0.6 is 0 Å². The van der Waals surface area contributed by atoms with Crippen molar-refractivity contribution in [2.75, 3.05) is 32.1 Å². The summed E-state index contributed by atoms with van der Waals surface area (Å²) in [6.45, 7) is 7.18. The molecule has 0 bridgehead atoms. The highest BCUT2D eigenvalue weighted by molar-refractivity contribution is 5.98.